The Morgan fingerprint density at radius 2 is 1.77 bits per heavy atom. The average molecular weight is 448 g/mol. The highest BCUT2D eigenvalue weighted by atomic mass is 32.2. The fourth-order valence-corrected chi connectivity index (χ4v) is 6.94. The molecular weight excluding hydrogens is 422 g/mol. The number of piperidine rings is 1. The number of sulfonamides is 1. The lowest BCUT2D eigenvalue weighted by atomic mass is 9.96. The molecule has 1 aromatic carbocycles. The second kappa shape index (κ2) is 8.87. The van der Waals surface area contributed by atoms with Crippen molar-refractivity contribution >= 4 is 38.9 Å². The fraction of sp³-hybridized carbons (Fsp3) is 0.429. The Morgan fingerprint density at radius 3 is 2.50 bits per heavy atom. The van der Waals surface area contributed by atoms with Crippen molar-refractivity contribution in [3.05, 3.63) is 47.8 Å². The maximum absolute atomic E-state index is 13.2. The lowest BCUT2D eigenvalue weighted by Crippen LogP contribution is -2.51. The summed E-state index contributed by atoms with van der Waals surface area (Å²) in [7, 11) is -3.67. The van der Waals surface area contributed by atoms with E-state index in [2.05, 4.69) is 5.32 Å². The Labute approximate surface area is 180 Å². The molecule has 2 aromatic rings. The zero-order valence-electron chi connectivity index (χ0n) is 16.6. The van der Waals surface area contributed by atoms with E-state index in [9.17, 15) is 18.0 Å². The summed E-state index contributed by atoms with van der Waals surface area (Å²) in [5.74, 6) is -0.593. The van der Waals surface area contributed by atoms with E-state index >= 15 is 0 Å². The monoisotopic (exact) mass is 447 g/mol. The van der Waals surface area contributed by atoms with Crippen LogP contribution < -0.4 is 5.32 Å². The molecule has 1 N–H and O–H groups in total. The second-order valence-corrected chi connectivity index (χ2v) is 10.7. The predicted molar refractivity (Wildman–Crippen MR) is 116 cm³/mol. The smallest absolute Gasteiger partial charge is 0.253 e. The fourth-order valence-electron chi connectivity index (χ4n) is 4.17. The number of benzene rings is 1. The van der Waals surface area contributed by atoms with Crippen LogP contribution in [0.3, 0.4) is 0 Å². The van der Waals surface area contributed by atoms with Crippen molar-refractivity contribution in [2.75, 3.05) is 25.0 Å². The van der Waals surface area contributed by atoms with E-state index in [1.165, 1.54) is 4.31 Å². The molecule has 4 rings (SSSR count). The predicted octanol–water partition coefficient (Wildman–Crippen LogP) is 2.78. The van der Waals surface area contributed by atoms with Crippen molar-refractivity contribution in [1.82, 2.24) is 9.21 Å². The summed E-state index contributed by atoms with van der Waals surface area (Å²) in [5.41, 5.74) is 0.731. The Bertz CT molecular complexity index is 993. The molecule has 0 saturated carbocycles. The molecule has 0 spiro atoms. The van der Waals surface area contributed by atoms with E-state index in [1.54, 1.807) is 22.4 Å². The molecule has 2 aliphatic heterocycles. The number of carbonyl (C=O) groups is 2. The molecule has 0 radical (unpaired) electrons. The second-order valence-electron chi connectivity index (χ2n) is 7.68. The van der Waals surface area contributed by atoms with Crippen LogP contribution in [0.25, 0.3) is 0 Å². The minimum Gasteiger partial charge on any atom is -0.341 e. The van der Waals surface area contributed by atoms with Gasteiger partial charge in [0.1, 0.15) is 10.3 Å². The summed E-state index contributed by atoms with van der Waals surface area (Å²) in [6, 6.07) is 11.8. The van der Waals surface area contributed by atoms with Crippen molar-refractivity contribution < 1.29 is 18.0 Å². The number of amides is 2. The number of anilines is 1. The topological polar surface area (TPSA) is 86.8 Å². The molecule has 2 saturated heterocycles. The average Bonchev–Trinajstić information content (AvgIpc) is 3.47. The molecule has 3 heterocycles. The van der Waals surface area contributed by atoms with Crippen molar-refractivity contribution in [1.29, 1.82) is 0 Å². The zero-order valence-corrected chi connectivity index (χ0v) is 18.2. The Kier molecular flexibility index (Phi) is 6.21. The van der Waals surface area contributed by atoms with Gasteiger partial charge in [0, 0.05) is 25.3 Å². The molecule has 0 aliphatic carbocycles. The molecule has 2 fully saturated rings. The summed E-state index contributed by atoms with van der Waals surface area (Å²) in [5, 5.41) is 4.63. The number of hydrogen-bond donors (Lipinski definition) is 1. The lowest BCUT2D eigenvalue weighted by molar-refractivity contribution is -0.137. The van der Waals surface area contributed by atoms with Crippen molar-refractivity contribution in [2.45, 2.75) is 35.9 Å². The standard InChI is InChI=1S/C21H25N3O4S2/c25-20(22-17-8-2-1-3-9-17)16-7-4-12-23(15-16)21(26)18-10-5-13-24(18)30(27,28)19-11-6-14-29-19/h1-3,6,8-9,11,14,16,18H,4-5,7,10,12-13,15H2,(H,22,25). The summed E-state index contributed by atoms with van der Waals surface area (Å²) in [6.45, 7) is 1.22. The van der Waals surface area contributed by atoms with Gasteiger partial charge in [-0.05, 0) is 49.3 Å². The maximum atomic E-state index is 13.2. The van der Waals surface area contributed by atoms with Gasteiger partial charge in [0.25, 0.3) is 10.0 Å². The molecule has 0 bridgehead atoms. The minimum atomic E-state index is -3.67. The zero-order chi connectivity index (χ0) is 21.1. The SMILES string of the molecule is O=C(Nc1ccccc1)C1CCCN(C(=O)C2CCCN2S(=O)(=O)c2cccs2)C1. The Hall–Kier alpha value is -2.23. The van der Waals surface area contributed by atoms with Gasteiger partial charge in [-0.15, -0.1) is 11.3 Å². The van der Waals surface area contributed by atoms with Crippen LogP contribution in [0.5, 0.6) is 0 Å². The summed E-state index contributed by atoms with van der Waals surface area (Å²) >= 11 is 1.16. The third-order valence-electron chi connectivity index (χ3n) is 5.69. The minimum absolute atomic E-state index is 0.104. The van der Waals surface area contributed by atoms with Crippen LogP contribution in [0, 0.1) is 5.92 Å². The third-order valence-corrected chi connectivity index (χ3v) is 8.97. The van der Waals surface area contributed by atoms with E-state index in [-0.39, 0.29) is 21.9 Å². The molecule has 30 heavy (non-hydrogen) atoms. The molecule has 2 aliphatic rings. The van der Waals surface area contributed by atoms with Gasteiger partial charge >= 0.3 is 0 Å². The van der Waals surface area contributed by atoms with E-state index in [0.29, 0.717) is 38.9 Å². The molecule has 2 amide bonds. The van der Waals surface area contributed by atoms with Gasteiger partial charge in [0.2, 0.25) is 11.8 Å². The van der Waals surface area contributed by atoms with E-state index in [0.717, 1.165) is 23.4 Å². The maximum Gasteiger partial charge on any atom is 0.253 e. The quantitative estimate of drug-likeness (QED) is 0.764. The van der Waals surface area contributed by atoms with Crippen LogP contribution in [-0.2, 0) is 19.6 Å². The number of nitrogens with one attached hydrogen (secondary N) is 1. The van der Waals surface area contributed by atoms with Crippen molar-refractivity contribution in [3.8, 4) is 0 Å². The van der Waals surface area contributed by atoms with Gasteiger partial charge < -0.3 is 10.2 Å². The number of hydrogen-bond acceptors (Lipinski definition) is 5. The normalized spacial score (nSPS) is 22.7. The molecule has 160 valence electrons. The van der Waals surface area contributed by atoms with Crippen LogP contribution >= 0.6 is 11.3 Å². The number of para-hydroxylation sites is 1. The first-order valence-corrected chi connectivity index (χ1v) is 12.5. The summed E-state index contributed by atoms with van der Waals surface area (Å²) in [4.78, 5) is 27.6. The summed E-state index contributed by atoms with van der Waals surface area (Å²) in [6.07, 6.45) is 2.61. The Balaban J connectivity index is 1.44. The van der Waals surface area contributed by atoms with E-state index < -0.39 is 16.1 Å². The number of carbonyl (C=O) groups excluding carboxylic acids is 2. The molecular formula is C21H25N3O4S2. The van der Waals surface area contributed by atoms with Crippen molar-refractivity contribution in [2.24, 2.45) is 5.92 Å². The number of nitrogens with zero attached hydrogens (tertiary/aromatic N) is 2. The van der Waals surface area contributed by atoms with Gasteiger partial charge in [0.15, 0.2) is 0 Å². The first kappa shape index (κ1) is 21.0. The third kappa shape index (κ3) is 4.28. The highest BCUT2D eigenvalue weighted by Gasteiger charge is 2.42. The number of thiophene rings is 1. The Morgan fingerprint density at radius 1 is 1.00 bits per heavy atom. The lowest BCUT2D eigenvalue weighted by Gasteiger charge is -2.35. The van der Waals surface area contributed by atoms with Gasteiger partial charge in [-0.1, -0.05) is 24.3 Å². The van der Waals surface area contributed by atoms with Crippen LogP contribution in [0.2, 0.25) is 0 Å². The molecule has 1 aromatic heterocycles. The molecule has 2 atom stereocenters. The molecule has 2 unspecified atom stereocenters. The van der Waals surface area contributed by atoms with Gasteiger partial charge in [-0.2, -0.15) is 4.31 Å². The van der Waals surface area contributed by atoms with Crippen LogP contribution in [0.1, 0.15) is 25.7 Å². The number of likely N-dealkylation sites (tertiary alicyclic amines) is 1. The van der Waals surface area contributed by atoms with Gasteiger partial charge in [-0.3, -0.25) is 9.59 Å². The number of rotatable bonds is 5. The summed E-state index contributed by atoms with van der Waals surface area (Å²) < 4.78 is 27.5. The van der Waals surface area contributed by atoms with E-state index in [4.69, 9.17) is 0 Å². The molecule has 7 nitrogen and oxygen atoms in total. The van der Waals surface area contributed by atoms with Crippen LogP contribution in [0.15, 0.2) is 52.1 Å². The first-order valence-electron chi connectivity index (χ1n) is 10.2. The highest BCUT2D eigenvalue weighted by molar-refractivity contribution is 7.91. The first-order chi connectivity index (χ1) is 14.5. The van der Waals surface area contributed by atoms with Gasteiger partial charge in [-0.25, -0.2) is 8.42 Å². The van der Waals surface area contributed by atoms with Crippen LogP contribution in [-0.4, -0.2) is 55.1 Å². The highest BCUT2D eigenvalue weighted by Crippen LogP contribution is 2.30. The largest absolute Gasteiger partial charge is 0.341 e. The van der Waals surface area contributed by atoms with Crippen molar-refractivity contribution in [3.63, 3.8) is 0 Å². The molecule has 9 heteroatoms. The van der Waals surface area contributed by atoms with E-state index in [1.807, 2.05) is 30.3 Å². The van der Waals surface area contributed by atoms with Crippen LogP contribution in [0.4, 0.5) is 5.69 Å². The van der Waals surface area contributed by atoms with Gasteiger partial charge in [0.05, 0.1) is 5.92 Å².